The Hall–Kier alpha value is -0.643. The Morgan fingerprint density at radius 1 is 1.08 bits per heavy atom. The van der Waals surface area contributed by atoms with E-state index in [4.69, 9.17) is 0 Å². The summed E-state index contributed by atoms with van der Waals surface area (Å²) in [7, 11) is 0.847. The molecule has 2 radical (unpaired) electrons. The zero-order valence-electron chi connectivity index (χ0n) is 7.66. The zero-order chi connectivity index (χ0) is 8.93. The first-order valence-corrected chi connectivity index (χ1v) is 5.67. The van der Waals surface area contributed by atoms with Gasteiger partial charge in [-0.1, -0.05) is 30.3 Å². The molecule has 2 nitrogen and oxygen atoms in total. The van der Waals surface area contributed by atoms with Crippen LogP contribution in [0.1, 0.15) is 0 Å². The van der Waals surface area contributed by atoms with Crippen molar-refractivity contribution in [3.63, 3.8) is 0 Å². The molecule has 0 saturated carbocycles. The van der Waals surface area contributed by atoms with E-state index in [9.17, 15) is 0 Å². The van der Waals surface area contributed by atoms with Crippen LogP contribution in [0, 0.1) is 0 Å². The lowest BCUT2D eigenvalue weighted by Crippen LogP contribution is -2.48. The van der Waals surface area contributed by atoms with Crippen molar-refractivity contribution in [2.75, 3.05) is 26.2 Å². The molecule has 0 amide bonds. The average molecular weight is 190 g/mol. The van der Waals surface area contributed by atoms with Crippen LogP contribution in [-0.4, -0.2) is 40.4 Å². The van der Waals surface area contributed by atoms with Gasteiger partial charge in [-0.2, -0.15) is 0 Å². The van der Waals surface area contributed by atoms with Gasteiger partial charge in [0.2, 0.25) is 0 Å². The quantitative estimate of drug-likeness (QED) is 0.652. The second-order valence-corrected chi connectivity index (χ2v) is 4.65. The summed E-state index contributed by atoms with van der Waals surface area (Å²) in [6.45, 7) is 4.65. The highest BCUT2D eigenvalue weighted by molar-refractivity contribution is 6.50. The van der Waals surface area contributed by atoms with E-state index in [1.807, 2.05) is 0 Å². The Balaban J connectivity index is 1.90. The number of rotatable bonds is 2. The van der Waals surface area contributed by atoms with E-state index in [0.717, 1.165) is 22.8 Å². The van der Waals surface area contributed by atoms with Gasteiger partial charge in [0, 0.05) is 26.2 Å². The number of nitrogens with one attached hydrogen (secondary N) is 1. The van der Waals surface area contributed by atoms with E-state index in [2.05, 4.69) is 40.2 Å². The molecule has 2 rings (SSSR count). The van der Waals surface area contributed by atoms with Crippen LogP contribution in [-0.2, 0) is 0 Å². The molecule has 1 aromatic carbocycles. The monoisotopic (exact) mass is 190 g/mol. The first kappa shape index (κ1) is 8.93. The van der Waals surface area contributed by atoms with Gasteiger partial charge in [0.05, 0.1) is 0 Å². The molecule has 1 heterocycles. The molecule has 68 valence electrons. The van der Waals surface area contributed by atoms with Gasteiger partial charge in [-0.3, -0.25) is 0 Å². The third-order valence-corrected chi connectivity index (χ3v) is 3.53. The molecule has 3 heteroatoms. The topological polar surface area (TPSA) is 15.3 Å². The predicted octanol–water partition coefficient (Wildman–Crippen LogP) is -0.164. The van der Waals surface area contributed by atoms with Crippen molar-refractivity contribution >= 4 is 14.9 Å². The predicted molar refractivity (Wildman–Crippen MR) is 56.3 cm³/mol. The Morgan fingerprint density at radius 3 is 2.46 bits per heavy atom. The van der Waals surface area contributed by atoms with Crippen molar-refractivity contribution in [3.05, 3.63) is 30.3 Å². The number of hydrogen-bond acceptors (Lipinski definition) is 2. The molecule has 0 bridgehead atoms. The second kappa shape index (κ2) is 4.55. The number of piperazine rings is 1. The van der Waals surface area contributed by atoms with Gasteiger partial charge in [0.15, 0.2) is 9.68 Å². The van der Waals surface area contributed by atoms with Gasteiger partial charge in [-0.25, -0.2) is 0 Å². The third kappa shape index (κ3) is 2.65. The van der Waals surface area contributed by atoms with Gasteiger partial charge in [-0.05, 0) is 5.19 Å². The van der Waals surface area contributed by atoms with Crippen molar-refractivity contribution < 1.29 is 0 Å². The van der Waals surface area contributed by atoms with E-state index in [-0.39, 0.29) is 0 Å². The van der Waals surface area contributed by atoms with Crippen molar-refractivity contribution in [1.82, 2.24) is 9.88 Å². The van der Waals surface area contributed by atoms with Crippen LogP contribution in [0.3, 0.4) is 0 Å². The van der Waals surface area contributed by atoms with Crippen LogP contribution in [0.25, 0.3) is 0 Å². The second-order valence-electron chi connectivity index (χ2n) is 3.21. The van der Waals surface area contributed by atoms with E-state index < -0.39 is 0 Å². The van der Waals surface area contributed by atoms with Crippen LogP contribution in [0.5, 0.6) is 0 Å². The first-order chi connectivity index (χ1) is 6.45. The van der Waals surface area contributed by atoms with Gasteiger partial charge in [0.25, 0.3) is 0 Å². The zero-order valence-corrected chi connectivity index (χ0v) is 8.66. The van der Waals surface area contributed by atoms with Gasteiger partial charge >= 0.3 is 0 Å². The molecular formula is C10H14N2Si. The normalized spacial score (nSPS) is 18.8. The third-order valence-electron chi connectivity index (χ3n) is 2.18. The van der Waals surface area contributed by atoms with Gasteiger partial charge in [-0.15, -0.1) is 0 Å². The fourth-order valence-corrected chi connectivity index (χ4v) is 2.63. The summed E-state index contributed by atoms with van der Waals surface area (Å²) in [5, 5.41) is 4.81. The SMILES string of the molecule is c1ccc([Si]N2CCNCC2)cc1. The van der Waals surface area contributed by atoms with Gasteiger partial charge < -0.3 is 9.88 Å². The lowest BCUT2D eigenvalue weighted by atomic mass is 10.4. The largest absolute Gasteiger partial charge is 0.319 e. The summed E-state index contributed by atoms with van der Waals surface area (Å²) in [5.74, 6) is 0. The van der Waals surface area contributed by atoms with Gasteiger partial charge in [0.1, 0.15) is 0 Å². The maximum atomic E-state index is 3.36. The van der Waals surface area contributed by atoms with Crippen molar-refractivity contribution in [1.29, 1.82) is 0 Å². The van der Waals surface area contributed by atoms with Crippen LogP contribution in [0.15, 0.2) is 30.3 Å². The number of nitrogens with zero attached hydrogens (tertiary/aromatic N) is 1. The molecule has 0 atom stereocenters. The standard InChI is InChI=1S/C10H14N2Si/c1-2-4-10(5-3-1)13-12-8-6-11-7-9-12/h1-5,11H,6-9H2. The number of hydrogen-bond donors (Lipinski definition) is 1. The molecule has 13 heavy (non-hydrogen) atoms. The number of benzene rings is 1. The van der Waals surface area contributed by atoms with E-state index in [1.165, 1.54) is 18.3 Å². The summed E-state index contributed by atoms with van der Waals surface area (Å²) in [6.07, 6.45) is 0. The minimum absolute atomic E-state index is 0.847. The molecule has 1 fully saturated rings. The minimum Gasteiger partial charge on any atom is -0.319 e. The first-order valence-electron chi connectivity index (χ1n) is 4.72. The fraction of sp³-hybridized carbons (Fsp3) is 0.400. The highest BCUT2D eigenvalue weighted by Crippen LogP contribution is 1.90. The van der Waals surface area contributed by atoms with Crippen LogP contribution < -0.4 is 10.5 Å². The van der Waals surface area contributed by atoms with Crippen molar-refractivity contribution in [2.45, 2.75) is 0 Å². The summed E-state index contributed by atoms with van der Waals surface area (Å²) < 4.78 is 2.52. The van der Waals surface area contributed by atoms with E-state index in [0.29, 0.717) is 0 Å². The molecule has 1 saturated heterocycles. The molecule has 0 aliphatic carbocycles. The van der Waals surface area contributed by atoms with E-state index >= 15 is 0 Å². The van der Waals surface area contributed by atoms with Crippen LogP contribution in [0.4, 0.5) is 0 Å². The molecular weight excluding hydrogens is 176 g/mol. The average Bonchev–Trinajstić information content (AvgIpc) is 2.21. The molecule has 0 spiro atoms. The lowest BCUT2D eigenvalue weighted by Gasteiger charge is -2.26. The van der Waals surface area contributed by atoms with Crippen molar-refractivity contribution in [2.24, 2.45) is 0 Å². The van der Waals surface area contributed by atoms with Crippen LogP contribution in [0.2, 0.25) is 0 Å². The molecule has 0 aromatic heterocycles. The highest BCUT2D eigenvalue weighted by atomic mass is 28.2. The highest BCUT2D eigenvalue weighted by Gasteiger charge is 2.10. The summed E-state index contributed by atoms with van der Waals surface area (Å²) in [5.41, 5.74) is 0. The lowest BCUT2D eigenvalue weighted by molar-refractivity contribution is 0.379. The molecule has 1 aliphatic rings. The molecule has 1 aliphatic heterocycles. The maximum Gasteiger partial charge on any atom is 0.182 e. The minimum atomic E-state index is 0.847. The Bertz CT molecular complexity index is 244. The smallest absolute Gasteiger partial charge is 0.182 e. The van der Waals surface area contributed by atoms with E-state index in [1.54, 1.807) is 0 Å². The Kier molecular flexibility index (Phi) is 3.13. The maximum absolute atomic E-state index is 3.36. The summed E-state index contributed by atoms with van der Waals surface area (Å²) in [6, 6.07) is 10.7. The summed E-state index contributed by atoms with van der Waals surface area (Å²) in [4.78, 5) is 0. The molecule has 1 N–H and O–H groups in total. The molecule has 0 unspecified atom stereocenters. The fourth-order valence-electron chi connectivity index (χ4n) is 1.47. The summed E-state index contributed by atoms with van der Waals surface area (Å²) >= 11 is 0. The Morgan fingerprint density at radius 2 is 1.77 bits per heavy atom. The Labute approximate surface area is 81.8 Å². The van der Waals surface area contributed by atoms with Crippen LogP contribution >= 0.6 is 0 Å². The van der Waals surface area contributed by atoms with Crippen molar-refractivity contribution in [3.8, 4) is 0 Å². The molecule has 1 aromatic rings.